The van der Waals surface area contributed by atoms with Gasteiger partial charge in [0.2, 0.25) is 5.76 Å². The highest BCUT2D eigenvalue weighted by Crippen LogP contribution is 2.29. The van der Waals surface area contributed by atoms with Gasteiger partial charge in [-0.05, 0) is 51.8 Å². The van der Waals surface area contributed by atoms with Crippen molar-refractivity contribution in [2.24, 2.45) is 0 Å². The summed E-state index contributed by atoms with van der Waals surface area (Å²) in [5.74, 6) is 0.0751. The summed E-state index contributed by atoms with van der Waals surface area (Å²) in [6.07, 6.45) is 1.17. The number of nitrogens with zero attached hydrogens (tertiary/aromatic N) is 1. The van der Waals surface area contributed by atoms with Crippen LogP contribution in [-0.2, 0) is 9.53 Å². The molecule has 2 aromatic rings. The molecular weight excluding hydrogens is 322 g/mol. The molecule has 0 unspecified atom stereocenters. The fraction of sp³-hybridized carbons (Fsp3) is 0.474. The van der Waals surface area contributed by atoms with E-state index in [1.165, 1.54) is 0 Å². The Morgan fingerprint density at radius 3 is 2.68 bits per heavy atom. The van der Waals surface area contributed by atoms with Crippen LogP contribution in [0.15, 0.2) is 22.6 Å². The molecule has 25 heavy (non-hydrogen) atoms. The number of hydrogen-bond donors (Lipinski definition) is 0. The Balaban J connectivity index is 1.77. The number of benzene rings is 1. The van der Waals surface area contributed by atoms with Gasteiger partial charge in [0, 0.05) is 24.0 Å². The van der Waals surface area contributed by atoms with Crippen molar-refractivity contribution in [3.8, 4) is 5.75 Å². The van der Waals surface area contributed by atoms with Crippen LogP contribution in [0.5, 0.6) is 5.75 Å². The first-order valence-electron chi connectivity index (χ1n) is 8.67. The topological polar surface area (TPSA) is 69.0 Å². The van der Waals surface area contributed by atoms with Crippen molar-refractivity contribution in [2.45, 2.75) is 39.7 Å². The van der Waals surface area contributed by atoms with Crippen LogP contribution < -0.4 is 4.74 Å². The average Bonchev–Trinajstić information content (AvgIpc) is 3.23. The second-order valence-electron chi connectivity index (χ2n) is 6.23. The van der Waals surface area contributed by atoms with E-state index in [9.17, 15) is 9.59 Å². The monoisotopic (exact) mass is 345 g/mol. The molecule has 0 bridgehead atoms. The molecule has 1 aromatic heterocycles. The number of likely N-dealkylation sites (tertiary alicyclic amines) is 1. The number of furan rings is 1. The second-order valence-corrected chi connectivity index (χ2v) is 6.23. The molecular formula is C19H23NO5. The molecule has 6 nitrogen and oxygen atoms in total. The van der Waals surface area contributed by atoms with E-state index in [-0.39, 0.29) is 11.7 Å². The smallest absolute Gasteiger partial charge is 0.375 e. The highest BCUT2D eigenvalue weighted by molar-refractivity contribution is 5.97. The highest BCUT2D eigenvalue weighted by atomic mass is 16.6. The van der Waals surface area contributed by atoms with Crippen molar-refractivity contribution in [3.05, 3.63) is 29.5 Å². The van der Waals surface area contributed by atoms with E-state index in [1.54, 1.807) is 30.9 Å². The lowest BCUT2D eigenvalue weighted by molar-refractivity contribution is -0.138. The summed E-state index contributed by atoms with van der Waals surface area (Å²) >= 11 is 0. The molecule has 6 heteroatoms. The van der Waals surface area contributed by atoms with Crippen LogP contribution in [0.2, 0.25) is 0 Å². The van der Waals surface area contributed by atoms with Crippen LogP contribution in [0.3, 0.4) is 0 Å². The lowest BCUT2D eigenvalue weighted by atomic mass is 10.1. The molecule has 1 aromatic carbocycles. The summed E-state index contributed by atoms with van der Waals surface area (Å²) in [5.41, 5.74) is 1.27. The molecule has 1 aliphatic rings. The fourth-order valence-corrected chi connectivity index (χ4v) is 3.11. The minimum Gasteiger partial charge on any atom is -0.494 e. The second kappa shape index (κ2) is 7.17. The maximum absolute atomic E-state index is 12.5. The van der Waals surface area contributed by atoms with Crippen LogP contribution in [0.25, 0.3) is 11.0 Å². The van der Waals surface area contributed by atoms with Gasteiger partial charge in [-0.15, -0.1) is 0 Å². The average molecular weight is 345 g/mol. The highest BCUT2D eigenvalue weighted by Gasteiger charge is 2.28. The Morgan fingerprint density at radius 1 is 1.28 bits per heavy atom. The summed E-state index contributed by atoms with van der Waals surface area (Å²) in [5, 5.41) is 0.802. The van der Waals surface area contributed by atoms with Gasteiger partial charge in [0.1, 0.15) is 11.3 Å². The third kappa shape index (κ3) is 3.48. The lowest BCUT2D eigenvalue weighted by Crippen LogP contribution is -2.38. The first-order chi connectivity index (χ1) is 12.0. The predicted molar refractivity (Wildman–Crippen MR) is 92.8 cm³/mol. The van der Waals surface area contributed by atoms with Crippen LogP contribution in [0.4, 0.5) is 0 Å². The van der Waals surface area contributed by atoms with Crippen molar-refractivity contribution in [2.75, 3.05) is 19.7 Å². The van der Waals surface area contributed by atoms with Crippen molar-refractivity contribution < 1.29 is 23.5 Å². The number of carbonyl (C=O) groups excluding carboxylic acids is 2. The van der Waals surface area contributed by atoms with Gasteiger partial charge in [-0.1, -0.05) is 0 Å². The van der Waals surface area contributed by atoms with Crippen LogP contribution >= 0.6 is 0 Å². The van der Waals surface area contributed by atoms with Crippen LogP contribution in [0, 0.1) is 6.92 Å². The van der Waals surface area contributed by atoms with Gasteiger partial charge in [-0.25, -0.2) is 4.79 Å². The number of carbonyl (C=O) groups is 2. The van der Waals surface area contributed by atoms with Gasteiger partial charge in [0.05, 0.1) is 6.61 Å². The fourth-order valence-electron chi connectivity index (χ4n) is 3.11. The summed E-state index contributed by atoms with van der Waals surface area (Å²) in [6.45, 7) is 7.32. The van der Waals surface area contributed by atoms with Gasteiger partial charge < -0.3 is 18.8 Å². The molecule has 0 spiro atoms. The molecule has 0 radical (unpaired) electrons. The maximum Gasteiger partial charge on any atom is 0.375 e. The van der Waals surface area contributed by atoms with Gasteiger partial charge >= 0.3 is 5.97 Å². The third-order valence-corrected chi connectivity index (χ3v) is 4.45. The maximum atomic E-state index is 12.5. The molecule has 0 saturated carbocycles. The Morgan fingerprint density at radius 2 is 2.00 bits per heavy atom. The number of amides is 1. The number of fused-ring (bicyclic) bond motifs is 1. The molecule has 1 aliphatic heterocycles. The third-order valence-electron chi connectivity index (χ3n) is 4.45. The number of esters is 1. The zero-order valence-electron chi connectivity index (χ0n) is 14.8. The standard InChI is InChI=1S/C19H23NO5/c1-4-23-14-7-8-16-15(11-14)12(2)17(25-16)19(22)24-13(3)18(21)20-9-5-6-10-20/h7-8,11,13H,4-6,9-10H2,1-3H3/t13-/m0/s1. The number of rotatable bonds is 5. The SMILES string of the molecule is CCOc1ccc2oc(C(=O)O[C@@H](C)C(=O)N3CCCC3)c(C)c2c1. The van der Waals surface area contributed by atoms with E-state index in [0.717, 1.165) is 37.1 Å². The van der Waals surface area contributed by atoms with E-state index < -0.39 is 12.1 Å². The Labute approximate surface area is 146 Å². The van der Waals surface area contributed by atoms with E-state index in [4.69, 9.17) is 13.9 Å². The van der Waals surface area contributed by atoms with E-state index in [0.29, 0.717) is 17.8 Å². The quantitative estimate of drug-likeness (QED) is 0.778. The van der Waals surface area contributed by atoms with E-state index >= 15 is 0 Å². The Hall–Kier alpha value is -2.50. The molecule has 0 aliphatic carbocycles. The summed E-state index contributed by atoms with van der Waals surface area (Å²) < 4.78 is 16.5. The van der Waals surface area contributed by atoms with Crippen molar-refractivity contribution >= 4 is 22.8 Å². The number of hydrogen-bond acceptors (Lipinski definition) is 5. The first-order valence-corrected chi connectivity index (χ1v) is 8.67. The Kier molecular flexibility index (Phi) is 4.97. The summed E-state index contributed by atoms with van der Waals surface area (Å²) in [7, 11) is 0. The van der Waals surface area contributed by atoms with E-state index in [2.05, 4.69) is 0 Å². The lowest BCUT2D eigenvalue weighted by Gasteiger charge is -2.20. The van der Waals surface area contributed by atoms with Gasteiger partial charge in [-0.3, -0.25) is 4.79 Å². The number of ether oxygens (including phenoxy) is 2. The number of aryl methyl sites for hydroxylation is 1. The molecule has 0 N–H and O–H groups in total. The van der Waals surface area contributed by atoms with E-state index in [1.807, 2.05) is 13.0 Å². The summed E-state index contributed by atoms with van der Waals surface area (Å²) in [6, 6.07) is 5.40. The minimum absolute atomic E-state index is 0.129. The van der Waals surface area contributed by atoms with Gasteiger partial charge in [-0.2, -0.15) is 0 Å². The first kappa shape index (κ1) is 17.3. The van der Waals surface area contributed by atoms with Crippen molar-refractivity contribution in [1.82, 2.24) is 4.90 Å². The molecule has 134 valence electrons. The molecule has 3 rings (SSSR count). The molecule has 1 fully saturated rings. The Bertz CT molecular complexity index is 788. The van der Waals surface area contributed by atoms with Crippen LogP contribution in [0.1, 0.15) is 42.8 Å². The summed E-state index contributed by atoms with van der Waals surface area (Å²) in [4.78, 5) is 26.5. The van der Waals surface area contributed by atoms with Crippen molar-refractivity contribution in [3.63, 3.8) is 0 Å². The molecule has 1 amide bonds. The predicted octanol–water partition coefficient (Wildman–Crippen LogP) is 3.31. The van der Waals surface area contributed by atoms with Gasteiger partial charge in [0.15, 0.2) is 6.10 Å². The zero-order valence-corrected chi connectivity index (χ0v) is 14.8. The largest absolute Gasteiger partial charge is 0.494 e. The molecule has 1 saturated heterocycles. The van der Waals surface area contributed by atoms with Gasteiger partial charge in [0.25, 0.3) is 5.91 Å². The molecule has 2 heterocycles. The minimum atomic E-state index is -0.822. The normalized spacial score (nSPS) is 15.4. The zero-order chi connectivity index (χ0) is 18.0. The van der Waals surface area contributed by atoms with Crippen molar-refractivity contribution in [1.29, 1.82) is 0 Å². The van der Waals surface area contributed by atoms with Crippen LogP contribution in [-0.4, -0.2) is 42.6 Å². The molecule has 1 atom stereocenters.